The molecule has 0 atom stereocenters. The third kappa shape index (κ3) is 0.750. The Kier molecular flexibility index (Phi) is 1.22. The number of imidazole rings is 1. The summed E-state index contributed by atoms with van der Waals surface area (Å²) in [5, 5.41) is 30.7. The summed E-state index contributed by atoms with van der Waals surface area (Å²) >= 11 is 0. The predicted molar refractivity (Wildman–Crippen MR) is 26.5 cm³/mol. The molecule has 1 aromatic rings. The Labute approximate surface area is 55.1 Å². The van der Waals surface area contributed by atoms with Gasteiger partial charge in [0.25, 0.3) is 0 Å². The van der Waals surface area contributed by atoms with E-state index < -0.39 is 11.8 Å². The second kappa shape index (κ2) is 1.90. The van der Waals surface area contributed by atoms with Crippen LogP contribution in [0, 0.1) is 10.4 Å². The Bertz CT molecular complexity index is 247. The van der Waals surface area contributed by atoms with E-state index in [0.717, 1.165) is 12.4 Å². The summed E-state index contributed by atoms with van der Waals surface area (Å²) in [6.07, 6.45) is 1.58. The highest BCUT2D eigenvalue weighted by Gasteiger charge is 2.07. The Morgan fingerprint density at radius 3 is 2.50 bits per heavy atom. The summed E-state index contributed by atoms with van der Waals surface area (Å²) in [5.41, 5.74) is 0. The molecule has 6 heteroatoms. The molecule has 0 bridgehead atoms. The lowest BCUT2D eigenvalue weighted by Gasteiger charge is -2.06. The lowest BCUT2D eigenvalue weighted by atomic mass is 10.6. The molecule has 1 rings (SSSR count). The molecule has 10 heavy (non-hydrogen) atoms. The van der Waals surface area contributed by atoms with Crippen LogP contribution in [0.1, 0.15) is 10.6 Å². The van der Waals surface area contributed by atoms with Crippen molar-refractivity contribution in [1.82, 2.24) is 4.73 Å². The van der Waals surface area contributed by atoms with Crippen LogP contribution < -0.4 is 9.84 Å². The maximum absolute atomic E-state index is 10.4. The first-order valence-electron chi connectivity index (χ1n) is 2.32. The van der Waals surface area contributed by atoms with Gasteiger partial charge in [-0.05, 0) is 0 Å². The molecule has 1 aromatic heterocycles. The van der Waals surface area contributed by atoms with E-state index in [4.69, 9.17) is 0 Å². The molecular weight excluding hydrogens is 140 g/mol. The molecule has 0 aliphatic heterocycles. The number of carbonyl (C=O) groups is 1. The summed E-state index contributed by atoms with van der Waals surface area (Å²) < 4.78 is -0.134. The second-order valence-electron chi connectivity index (χ2n) is 1.56. The van der Waals surface area contributed by atoms with Crippen LogP contribution in [0.4, 0.5) is 0 Å². The molecule has 6 nitrogen and oxygen atoms in total. The van der Waals surface area contributed by atoms with Gasteiger partial charge in [-0.2, -0.15) is 0 Å². The summed E-state index contributed by atoms with van der Waals surface area (Å²) in [5.74, 6) is -2.73. The number of carbonyl (C=O) groups excluding carboxylic acids is 1. The molecule has 0 saturated carbocycles. The largest absolute Gasteiger partial charge is 0.710 e. The van der Waals surface area contributed by atoms with Crippen LogP contribution in [0.3, 0.4) is 0 Å². The molecule has 1 heterocycles. The van der Waals surface area contributed by atoms with Gasteiger partial charge in [-0.15, -0.1) is 0 Å². The minimum atomic E-state index is -1.78. The first-order chi connectivity index (χ1) is 4.63. The molecule has 54 valence electrons. The molecule has 0 aliphatic carbocycles. The van der Waals surface area contributed by atoms with Crippen LogP contribution in [-0.2, 0) is 0 Å². The van der Waals surface area contributed by atoms with E-state index in [2.05, 4.69) is 0 Å². The summed E-state index contributed by atoms with van der Waals surface area (Å²) in [7, 11) is 0. The quantitative estimate of drug-likeness (QED) is 0.329. The molecular formula is C4H2N2O4-2. The first-order valence-corrected chi connectivity index (χ1v) is 2.32. The summed E-state index contributed by atoms with van der Waals surface area (Å²) in [6.45, 7) is 0. The maximum Gasteiger partial charge on any atom is 0.311 e. The van der Waals surface area contributed by atoms with E-state index in [-0.39, 0.29) is 9.46 Å². The fourth-order valence-corrected chi connectivity index (χ4v) is 0.539. The Morgan fingerprint density at radius 1 is 1.70 bits per heavy atom. The van der Waals surface area contributed by atoms with Crippen molar-refractivity contribution in [2.24, 2.45) is 0 Å². The fourth-order valence-electron chi connectivity index (χ4n) is 0.539. The van der Waals surface area contributed by atoms with Gasteiger partial charge >= 0.3 is 5.82 Å². The summed E-state index contributed by atoms with van der Waals surface area (Å²) in [4.78, 5) is 9.95. The van der Waals surface area contributed by atoms with Crippen LogP contribution in [0.2, 0.25) is 0 Å². The van der Waals surface area contributed by atoms with Crippen molar-refractivity contribution in [2.75, 3.05) is 0 Å². The maximum atomic E-state index is 10.4. The fraction of sp³-hybridized carbons (Fsp3) is 0. The Morgan fingerprint density at radius 2 is 2.30 bits per heavy atom. The lowest BCUT2D eigenvalue weighted by molar-refractivity contribution is -0.610. The van der Waals surface area contributed by atoms with Crippen molar-refractivity contribution >= 4 is 5.97 Å². The van der Waals surface area contributed by atoms with Gasteiger partial charge in [-0.3, -0.25) is 0 Å². The van der Waals surface area contributed by atoms with Crippen LogP contribution >= 0.6 is 0 Å². The van der Waals surface area contributed by atoms with Crippen molar-refractivity contribution in [2.45, 2.75) is 0 Å². The Balaban J connectivity index is 3.23. The number of hydrogen-bond acceptors (Lipinski definition) is 4. The number of rotatable bonds is 1. The van der Waals surface area contributed by atoms with Gasteiger partial charge < -0.3 is 20.3 Å². The SMILES string of the molecule is O=C([O-])c1n([O-])cc[n+]1[O-]. The number of nitrogens with zero attached hydrogens (tertiary/aromatic N) is 2. The zero-order valence-corrected chi connectivity index (χ0v) is 4.68. The molecule has 0 aliphatic rings. The molecule has 0 aromatic carbocycles. The van der Waals surface area contributed by atoms with E-state index >= 15 is 0 Å². The van der Waals surface area contributed by atoms with Gasteiger partial charge in [0.1, 0.15) is 12.4 Å². The average Bonchev–Trinajstić information content (AvgIpc) is 2.11. The number of carboxylic acids is 1. The topological polar surface area (TPSA) is 95.1 Å². The van der Waals surface area contributed by atoms with E-state index in [0.29, 0.717) is 0 Å². The van der Waals surface area contributed by atoms with E-state index in [1.807, 2.05) is 0 Å². The van der Waals surface area contributed by atoms with Crippen molar-refractivity contribution in [3.63, 3.8) is 0 Å². The number of carboxylic acid groups (broad SMARTS) is 1. The monoisotopic (exact) mass is 142 g/mol. The minimum Gasteiger partial charge on any atom is -0.710 e. The van der Waals surface area contributed by atoms with Crippen molar-refractivity contribution in [3.05, 3.63) is 28.6 Å². The van der Waals surface area contributed by atoms with Gasteiger partial charge in [0.2, 0.25) is 0 Å². The van der Waals surface area contributed by atoms with Gasteiger partial charge in [0.15, 0.2) is 5.97 Å². The first kappa shape index (κ1) is 6.40. The molecule has 0 N–H and O–H groups in total. The van der Waals surface area contributed by atoms with Crippen LogP contribution in [0.15, 0.2) is 12.4 Å². The van der Waals surface area contributed by atoms with Gasteiger partial charge in [0, 0.05) is 0 Å². The lowest BCUT2D eigenvalue weighted by Crippen LogP contribution is -2.39. The highest BCUT2D eigenvalue weighted by molar-refractivity contribution is 5.79. The normalized spacial score (nSPS) is 9.60. The zero-order valence-electron chi connectivity index (χ0n) is 4.68. The standard InChI is InChI=1S/C4H3N2O4/c7-4(8)3-5(9)1-2-6(3)10/h1-2H,(H,7,8)/q-1/p-1. The number of aromatic nitrogens is 2. The average molecular weight is 142 g/mol. The van der Waals surface area contributed by atoms with Gasteiger partial charge in [-0.1, -0.05) is 0 Å². The van der Waals surface area contributed by atoms with Crippen molar-refractivity contribution in [3.8, 4) is 0 Å². The molecule has 0 unspecified atom stereocenters. The predicted octanol–water partition coefficient (Wildman–Crippen LogP) is -2.17. The second-order valence-corrected chi connectivity index (χ2v) is 1.56. The van der Waals surface area contributed by atoms with E-state index in [1.165, 1.54) is 0 Å². The number of hydrogen-bond donors (Lipinski definition) is 0. The van der Waals surface area contributed by atoms with Crippen LogP contribution in [0.25, 0.3) is 0 Å². The van der Waals surface area contributed by atoms with Crippen LogP contribution in [-0.4, -0.2) is 10.7 Å². The minimum absolute atomic E-state index is 0.0671. The van der Waals surface area contributed by atoms with Crippen molar-refractivity contribution in [1.29, 1.82) is 0 Å². The third-order valence-electron chi connectivity index (χ3n) is 0.938. The smallest absolute Gasteiger partial charge is 0.311 e. The Hall–Kier alpha value is -1.72. The van der Waals surface area contributed by atoms with E-state index in [9.17, 15) is 20.3 Å². The van der Waals surface area contributed by atoms with Gasteiger partial charge in [-0.25, -0.2) is 9.46 Å². The van der Waals surface area contributed by atoms with E-state index in [1.54, 1.807) is 0 Å². The highest BCUT2D eigenvalue weighted by Crippen LogP contribution is 1.88. The number of aromatic carboxylic acids is 1. The summed E-state index contributed by atoms with van der Waals surface area (Å²) in [6, 6.07) is 0. The highest BCUT2D eigenvalue weighted by atomic mass is 16.5. The zero-order chi connectivity index (χ0) is 7.72. The molecule has 0 fully saturated rings. The molecule has 0 spiro atoms. The molecule has 0 amide bonds. The van der Waals surface area contributed by atoms with Gasteiger partial charge in [0.05, 0.1) is 0 Å². The third-order valence-corrected chi connectivity index (χ3v) is 0.938. The molecule has 0 radical (unpaired) electrons. The van der Waals surface area contributed by atoms with Crippen molar-refractivity contribution < 1.29 is 14.6 Å². The molecule has 0 saturated heterocycles. The van der Waals surface area contributed by atoms with Crippen LogP contribution in [0.5, 0.6) is 0 Å².